The highest BCUT2D eigenvalue weighted by atomic mass is 79.9. The third kappa shape index (κ3) is 3.72. The van der Waals surface area contributed by atoms with Crippen molar-refractivity contribution in [3.63, 3.8) is 0 Å². The lowest BCUT2D eigenvalue weighted by Crippen LogP contribution is -2.35. The minimum absolute atomic E-state index is 0.321. The summed E-state index contributed by atoms with van der Waals surface area (Å²) in [5.41, 5.74) is 0.773. The molecule has 0 spiro atoms. The smallest absolute Gasteiger partial charge is 0.126 e. The van der Waals surface area contributed by atoms with Crippen LogP contribution in [0.25, 0.3) is 0 Å². The van der Waals surface area contributed by atoms with E-state index in [1.807, 2.05) is 30.3 Å². The van der Waals surface area contributed by atoms with Crippen molar-refractivity contribution in [2.45, 2.75) is 24.9 Å². The number of ether oxygens (including phenoxy) is 2. The van der Waals surface area contributed by atoms with E-state index in [1.165, 1.54) is 0 Å². The normalized spacial score (nSPS) is 17.1. The average molecular weight is 412 g/mol. The Morgan fingerprint density at radius 2 is 2.04 bits per heavy atom. The van der Waals surface area contributed by atoms with E-state index >= 15 is 0 Å². The first-order chi connectivity index (χ1) is 11.1. The molecule has 1 aliphatic heterocycles. The molecule has 2 aromatic rings. The first-order valence-electron chi connectivity index (χ1n) is 7.51. The van der Waals surface area contributed by atoms with Crippen molar-refractivity contribution in [1.82, 2.24) is 4.98 Å². The van der Waals surface area contributed by atoms with Crippen molar-refractivity contribution < 1.29 is 9.47 Å². The minimum atomic E-state index is -0.321. The van der Waals surface area contributed by atoms with Crippen molar-refractivity contribution in [2.75, 3.05) is 20.3 Å². The fourth-order valence-electron chi connectivity index (χ4n) is 2.72. The second-order valence-electron chi connectivity index (χ2n) is 5.51. The van der Waals surface area contributed by atoms with E-state index in [9.17, 15) is 0 Å². The molecule has 1 fully saturated rings. The number of aromatic nitrogens is 1. The molecule has 3 rings (SSSR count). The Morgan fingerprint density at radius 3 is 2.70 bits per heavy atom. The van der Waals surface area contributed by atoms with E-state index in [-0.39, 0.29) is 5.60 Å². The molecule has 0 aliphatic carbocycles. The number of benzene rings is 1. The minimum Gasteiger partial charge on any atom is -0.381 e. The monoisotopic (exact) mass is 411 g/mol. The van der Waals surface area contributed by atoms with Gasteiger partial charge in [0, 0.05) is 49.3 Å². The lowest BCUT2D eigenvalue weighted by atomic mass is 9.95. The zero-order chi connectivity index (χ0) is 16.3. The Hall–Kier alpha value is -0.660. The average Bonchev–Trinajstić information content (AvgIpc) is 2.97. The van der Waals surface area contributed by atoms with Crippen molar-refractivity contribution in [1.29, 1.82) is 0 Å². The summed E-state index contributed by atoms with van der Waals surface area (Å²) in [7, 11) is 1.76. The predicted molar refractivity (Wildman–Crippen MR) is 100 cm³/mol. The molecule has 3 nitrogen and oxygen atoms in total. The number of hydrogen-bond donors (Lipinski definition) is 0. The first kappa shape index (κ1) is 17.2. The molecule has 0 saturated carbocycles. The molecule has 6 heteroatoms. The first-order valence-corrected chi connectivity index (χ1v) is 9.53. The zero-order valence-corrected chi connectivity index (χ0v) is 16.1. The molecule has 0 radical (unpaired) electrons. The predicted octanol–water partition coefficient (Wildman–Crippen LogP) is 4.52. The molecule has 0 atom stereocenters. The van der Waals surface area contributed by atoms with Crippen LogP contribution in [0.15, 0.2) is 34.9 Å². The largest absolute Gasteiger partial charge is 0.381 e. The van der Waals surface area contributed by atoms with Crippen LogP contribution in [0.2, 0.25) is 0 Å². The highest BCUT2D eigenvalue weighted by Crippen LogP contribution is 2.40. The molecule has 1 aromatic carbocycles. The molecule has 1 saturated heterocycles. The van der Waals surface area contributed by atoms with E-state index in [4.69, 9.17) is 26.7 Å². The van der Waals surface area contributed by atoms with Crippen LogP contribution in [-0.2, 0) is 21.5 Å². The second-order valence-corrected chi connectivity index (χ2v) is 7.84. The van der Waals surface area contributed by atoms with Gasteiger partial charge in [-0.05, 0) is 21.5 Å². The molecule has 23 heavy (non-hydrogen) atoms. The number of halogens is 1. The fourth-order valence-corrected chi connectivity index (χ4v) is 4.96. The maximum atomic E-state index is 5.84. The van der Waals surface area contributed by atoms with Crippen LogP contribution >= 0.6 is 39.5 Å². The summed E-state index contributed by atoms with van der Waals surface area (Å²) < 4.78 is 12.2. The summed E-state index contributed by atoms with van der Waals surface area (Å²) in [6.07, 6.45) is 2.39. The van der Waals surface area contributed by atoms with Gasteiger partial charge in [-0.25, -0.2) is 4.98 Å². The quantitative estimate of drug-likeness (QED) is 0.534. The SMILES string of the molecule is COC1(c2nc(Br)c(CC(=S)c3ccccc3)s2)CCOCC1. The number of thiazole rings is 1. The Bertz CT molecular complexity index is 681. The number of hydrogen-bond acceptors (Lipinski definition) is 5. The summed E-state index contributed by atoms with van der Waals surface area (Å²) >= 11 is 10.9. The highest BCUT2D eigenvalue weighted by molar-refractivity contribution is 9.10. The molecule has 1 aromatic heterocycles. The summed E-state index contributed by atoms with van der Waals surface area (Å²) in [6, 6.07) is 10.1. The Morgan fingerprint density at radius 1 is 1.35 bits per heavy atom. The van der Waals surface area contributed by atoms with Crippen molar-refractivity contribution in [3.8, 4) is 0 Å². The number of nitrogens with zero attached hydrogens (tertiary/aromatic N) is 1. The molecule has 2 heterocycles. The van der Waals surface area contributed by atoms with Gasteiger partial charge in [-0.15, -0.1) is 11.3 Å². The molecule has 1 aliphatic rings. The highest BCUT2D eigenvalue weighted by Gasteiger charge is 2.38. The van der Waals surface area contributed by atoms with Crippen molar-refractivity contribution in [2.24, 2.45) is 0 Å². The molecule has 0 unspecified atom stereocenters. The van der Waals surface area contributed by atoms with Gasteiger partial charge in [-0.1, -0.05) is 42.5 Å². The molecular formula is C17H18BrNO2S2. The Kier molecular flexibility index (Phi) is 5.59. The van der Waals surface area contributed by atoms with Crippen molar-refractivity contribution in [3.05, 3.63) is 50.4 Å². The molecular weight excluding hydrogens is 394 g/mol. The number of thiocarbonyl (C=S) groups is 1. The third-order valence-corrected chi connectivity index (χ3v) is 6.69. The topological polar surface area (TPSA) is 31.4 Å². The maximum Gasteiger partial charge on any atom is 0.126 e. The molecule has 0 N–H and O–H groups in total. The van der Waals surface area contributed by atoms with Gasteiger partial charge in [-0.3, -0.25) is 0 Å². The summed E-state index contributed by atoms with van der Waals surface area (Å²) in [5, 5.41) is 1.01. The van der Waals surface area contributed by atoms with Gasteiger partial charge in [0.05, 0.1) is 0 Å². The van der Waals surface area contributed by atoms with Gasteiger partial charge < -0.3 is 9.47 Å². The van der Waals surface area contributed by atoms with Gasteiger partial charge in [0.2, 0.25) is 0 Å². The molecule has 122 valence electrons. The number of rotatable bonds is 5. The Labute approximate surface area is 154 Å². The summed E-state index contributed by atoms with van der Waals surface area (Å²) in [4.78, 5) is 6.80. The van der Waals surface area contributed by atoms with Crippen LogP contribution in [-0.4, -0.2) is 30.2 Å². The van der Waals surface area contributed by atoms with Crippen LogP contribution in [0.3, 0.4) is 0 Å². The van der Waals surface area contributed by atoms with E-state index in [0.29, 0.717) is 19.6 Å². The second kappa shape index (κ2) is 7.49. The Balaban J connectivity index is 1.82. The van der Waals surface area contributed by atoms with Gasteiger partial charge in [0.1, 0.15) is 15.2 Å². The van der Waals surface area contributed by atoms with Gasteiger partial charge in [0.25, 0.3) is 0 Å². The van der Waals surface area contributed by atoms with Crippen LogP contribution < -0.4 is 0 Å². The fraction of sp³-hybridized carbons (Fsp3) is 0.412. The number of methoxy groups -OCH3 is 1. The summed E-state index contributed by atoms with van der Waals surface area (Å²) in [6.45, 7) is 1.42. The van der Waals surface area contributed by atoms with Gasteiger partial charge >= 0.3 is 0 Å². The van der Waals surface area contributed by atoms with E-state index in [0.717, 1.165) is 37.8 Å². The van der Waals surface area contributed by atoms with Crippen molar-refractivity contribution >= 4 is 44.3 Å². The lowest BCUT2D eigenvalue weighted by molar-refractivity contribution is -0.0948. The van der Waals surface area contributed by atoms with Crippen LogP contribution in [0.1, 0.15) is 28.3 Å². The van der Waals surface area contributed by atoms with Gasteiger partial charge in [0.15, 0.2) is 0 Å². The summed E-state index contributed by atoms with van der Waals surface area (Å²) in [5.74, 6) is 0. The standard InChI is InChI=1S/C17H18BrNO2S2/c1-20-17(7-9-21-10-8-17)16-19-15(18)14(23-16)11-13(22)12-5-3-2-4-6-12/h2-6H,7-11H2,1H3. The van der Waals surface area contributed by atoms with E-state index in [1.54, 1.807) is 18.4 Å². The van der Waals surface area contributed by atoms with Gasteiger partial charge in [-0.2, -0.15) is 0 Å². The van der Waals surface area contributed by atoms with Crippen LogP contribution in [0.5, 0.6) is 0 Å². The van der Waals surface area contributed by atoms with E-state index < -0.39 is 0 Å². The molecule has 0 amide bonds. The maximum absolute atomic E-state index is 5.84. The third-order valence-electron chi connectivity index (χ3n) is 4.15. The van der Waals surface area contributed by atoms with Crippen LogP contribution in [0.4, 0.5) is 0 Å². The molecule has 0 bridgehead atoms. The zero-order valence-electron chi connectivity index (χ0n) is 12.9. The van der Waals surface area contributed by atoms with Crippen LogP contribution in [0, 0.1) is 0 Å². The van der Waals surface area contributed by atoms with E-state index in [2.05, 4.69) is 15.9 Å². The lowest BCUT2D eigenvalue weighted by Gasteiger charge is -2.33.